The Balaban J connectivity index is 1.25. The molecule has 0 spiro atoms. The Kier molecular flexibility index (Phi) is 6.82. The number of rotatable bonds is 9. The van der Waals surface area contributed by atoms with E-state index in [2.05, 4.69) is 15.7 Å². The molecular formula is C28H32N2O4S. The van der Waals surface area contributed by atoms with Crippen LogP contribution in [0.1, 0.15) is 35.6 Å². The molecule has 1 aliphatic carbocycles. The zero-order valence-corrected chi connectivity index (χ0v) is 21.1. The van der Waals surface area contributed by atoms with Gasteiger partial charge in [-0.1, -0.05) is 48.5 Å². The van der Waals surface area contributed by atoms with Gasteiger partial charge in [-0.3, -0.25) is 4.90 Å². The molecule has 2 aliphatic rings. The summed E-state index contributed by atoms with van der Waals surface area (Å²) in [6.45, 7) is 2.22. The molecule has 0 radical (unpaired) electrons. The highest BCUT2D eigenvalue weighted by Gasteiger charge is 2.36. The van der Waals surface area contributed by atoms with E-state index in [4.69, 9.17) is 9.47 Å². The van der Waals surface area contributed by atoms with Gasteiger partial charge in [0.1, 0.15) is 0 Å². The highest BCUT2D eigenvalue weighted by Crippen LogP contribution is 2.48. The van der Waals surface area contributed by atoms with Crippen molar-refractivity contribution < 1.29 is 17.9 Å². The number of hydrogen-bond acceptors (Lipinski definition) is 5. The first-order chi connectivity index (χ1) is 17.0. The maximum atomic E-state index is 13.2. The summed E-state index contributed by atoms with van der Waals surface area (Å²) in [4.78, 5) is 2.82. The molecule has 1 aliphatic heterocycles. The second kappa shape index (κ2) is 10.0. The van der Waals surface area contributed by atoms with E-state index < -0.39 is 10.0 Å². The van der Waals surface area contributed by atoms with E-state index in [9.17, 15) is 8.42 Å². The first-order valence-electron chi connectivity index (χ1n) is 12.2. The Hall–Kier alpha value is -2.87. The minimum absolute atomic E-state index is 0.319. The van der Waals surface area contributed by atoms with Gasteiger partial charge in [0.15, 0.2) is 11.5 Å². The van der Waals surface area contributed by atoms with Crippen LogP contribution in [0.3, 0.4) is 0 Å². The number of nitrogens with one attached hydrogen (secondary N) is 1. The molecule has 184 valence electrons. The van der Waals surface area contributed by atoms with Crippen molar-refractivity contribution in [2.45, 2.75) is 36.6 Å². The molecule has 1 heterocycles. The highest BCUT2D eigenvalue weighted by molar-refractivity contribution is 7.89. The van der Waals surface area contributed by atoms with E-state index in [1.165, 1.54) is 16.7 Å². The monoisotopic (exact) mass is 492 g/mol. The second-order valence-corrected chi connectivity index (χ2v) is 10.9. The van der Waals surface area contributed by atoms with Crippen LogP contribution in [0, 0.1) is 0 Å². The average Bonchev–Trinajstić information content (AvgIpc) is 3.34. The summed E-state index contributed by atoms with van der Waals surface area (Å²) in [6, 6.07) is 19.3. The van der Waals surface area contributed by atoms with E-state index in [1.54, 1.807) is 26.4 Å². The maximum absolute atomic E-state index is 13.2. The molecule has 35 heavy (non-hydrogen) atoms. The van der Waals surface area contributed by atoms with Crippen molar-refractivity contribution in [3.8, 4) is 22.6 Å². The fraction of sp³-hybridized carbons (Fsp3) is 0.357. The van der Waals surface area contributed by atoms with Gasteiger partial charge < -0.3 is 9.47 Å². The zero-order chi connectivity index (χ0) is 24.4. The summed E-state index contributed by atoms with van der Waals surface area (Å²) < 4.78 is 40.4. The number of hydrogen-bond donors (Lipinski definition) is 1. The molecule has 7 heteroatoms. The smallest absolute Gasteiger partial charge is 0.241 e. The van der Waals surface area contributed by atoms with Crippen LogP contribution in [0.25, 0.3) is 11.1 Å². The topological polar surface area (TPSA) is 67.9 Å². The van der Waals surface area contributed by atoms with Gasteiger partial charge in [0, 0.05) is 36.8 Å². The van der Waals surface area contributed by atoms with E-state index in [1.807, 2.05) is 42.5 Å². The van der Waals surface area contributed by atoms with Gasteiger partial charge >= 0.3 is 0 Å². The van der Waals surface area contributed by atoms with Crippen molar-refractivity contribution >= 4 is 10.0 Å². The lowest BCUT2D eigenvalue weighted by molar-refractivity contribution is 0.184. The molecule has 1 unspecified atom stereocenters. The molecule has 6 nitrogen and oxygen atoms in total. The van der Waals surface area contributed by atoms with Crippen LogP contribution >= 0.6 is 0 Å². The highest BCUT2D eigenvalue weighted by atomic mass is 32.2. The van der Waals surface area contributed by atoms with Crippen LogP contribution in [0.5, 0.6) is 11.5 Å². The van der Waals surface area contributed by atoms with Gasteiger partial charge in [0.2, 0.25) is 10.0 Å². The van der Waals surface area contributed by atoms with Crippen molar-refractivity contribution in [3.05, 3.63) is 77.4 Å². The van der Waals surface area contributed by atoms with Gasteiger partial charge in [0.25, 0.3) is 0 Å². The number of ether oxygens (including phenoxy) is 2. The van der Waals surface area contributed by atoms with Crippen LogP contribution in [-0.4, -0.2) is 47.2 Å². The van der Waals surface area contributed by atoms with Crippen LogP contribution in [0.15, 0.2) is 65.6 Å². The standard InChI is InChI=1S/C28H32N2O4S/c1-33-25-19-21-15-18-30(24-14-13-23(27(21)24)28(25)34-2)17-8-16-29-35(31,32)26-12-7-6-11-22(26)20-9-4-3-5-10-20/h3-7,9-12,19,24,29H,8,13-18H2,1-2H3. The Morgan fingerprint density at radius 2 is 1.77 bits per heavy atom. The van der Waals surface area contributed by atoms with Crippen molar-refractivity contribution in [1.82, 2.24) is 9.62 Å². The molecular weight excluding hydrogens is 460 g/mol. The Bertz CT molecular complexity index is 1310. The van der Waals surface area contributed by atoms with Gasteiger partial charge in [-0.2, -0.15) is 0 Å². The first kappa shape index (κ1) is 23.9. The van der Waals surface area contributed by atoms with Crippen molar-refractivity contribution in [1.29, 1.82) is 0 Å². The Labute approximate surface area is 207 Å². The summed E-state index contributed by atoms with van der Waals surface area (Å²) in [5.41, 5.74) is 5.64. The summed E-state index contributed by atoms with van der Waals surface area (Å²) >= 11 is 0. The quantitative estimate of drug-likeness (QED) is 0.443. The predicted molar refractivity (Wildman–Crippen MR) is 138 cm³/mol. The van der Waals surface area contributed by atoms with Crippen LogP contribution in [0.4, 0.5) is 0 Å². The summed E-state index contributed by atoms with van der Waals surface area (Å²) in [7, 11) is -0.218. The fourth-order valence-electron chi connectivity index (χ4n) is 5.61. The molecule has 1 N–H and O–H groups in total. The molecule has 1 atom stereocenters. The third kappa shape index (κ3) is 4.56. The lowest BCUT2D eigenvalue weighted by atomic mass is 9.92. The minimum atomic E-state index is -3.62. The molecule has 0 bridgehead atoms. The van der Waals surface area contributed by atoms with E-state index in [0.717, 1.165) is 61.4 Å². The van der Waals surface area contributed by atoms with Crippen LogP contribution < -0.4 is 14.2 Å². The minimum Gasteiger partial charge on any atom is -0.493 e. The van der Waals surface area contributed by atoms with E-state index in [0.29, 0.717) is 17.5 Å². The van der Waals surface area contributed by atoms with Gasteiger partial charge in [0.05, 0.1) is 19.1 Å². The fourth-order valence-corrected chi connectivity index (χ4v) is 6.92. The molecule has 3 aromatic rings. The second-order valence-electron chi connectivity index (χ2n) is 9.12. The molecule has 0 aromatic heterocycles. The summed E-state index contributed by atoms with van der Waals surface area (Å²) in [5.74, 6) is 1.68. The number of methoxy groups -OCH3 is 2. The molecule has 0 saturated carbocycles. The zero-order valence-electron chi connectivity index (χ0n) is 20.3. The lowest BCUT2D eigenvalue weighted by Crippen LogP contribution is -2.36. The molecule has 5 rings (SSSR count). The number of sulfonamides is 1. The van der Waals surface area contributed by atoms with Gasteiger partial charge in [-0.05, 0) is 54.5 Å². The molecule has 0 saturated heterocycles. The number of nitrogens with zero attached hydrogens (tertiary/aromatic N) is 1. The van der Waals surface area contributed by atoms with Crippen LogP contribution in [-0.2, 0) is 22.9 Å². The van der Waals surface area contributed by atoms with Gasteiger partial charge in [-0.25, -0.2) is 13.1 Å². The normalized spacial score (nSPS) is 17.3. The van der Waals surface area contributed by atoms with E-state index in [-0.39, 0.29) is 0 Å². The first-order valence-corrected chi connectivity index (χ1v) is 13.7. The molecule has 3 aromatic carbocycles. The van der Waals surface area contributed by atoms with E-state index >= 15 is 0 Å². The third-order valence-corrected chi connectivity index (χ3v) is 8.70. The van der Waals surface area contributed by atoms with Crippen molar-refractivity contribution in [3.63, 3.8) is 0 Å². The Morgan fingerprint density at radius 1 is 1.00 bits per heavy atom. The largest absolute Gasteiger partial charge is 0.493 e. The SMILES string of the molecule is COc1cc2c3c(c1OC)CCC3N(CCCNS(=O)(=O)c1ccccc1-c1ccccc1)CC2. The summed E-state index contributed by atoms with van der Waals surface area (Å²) in [5, 5.41) is 0. The summed E-state index contributed by atoms with van der Waals surface area (Å²) in [6.07, 6.45) is 3.76. The van der Waals surface area contributed by atoms with Crippen LogP contribution in [0.2, 0.25) is 0 Å². The average molecular weight is 493 g/mol. The third-order valence-electron chi connectivity index (χ3n) is 7.18. The van der Waals surface area contributed by atoms with Crippen molar-refractivity contribution in [2.24, 2.45) is 0 Å². The van der Waals surface area contributed by atoms with Crippen molar-refractivity contribution in [2.75, 3.05) is 33.9 Å². The molecule has 0 fully saturated rings. The lowest BCUT2D eigenvalue weighted by Gasteiger charge is -2.35. The predicted octanol–water partition coefficient (Wildman–Crippen LogP) is 4.58. The molecule has 0 amide bonds. The Morgan fingerprint density at radius 3 is 2.54 bits per heavy atom. The maximum Gasteiger partial charge on any atom is 0.241 e. The number of benzene rings is 3. The van der Waals surface area contributed by atoms with Gasteiger partial charge in [-0.15, -0.1) is 0 Å².